The molecule has 0 bridgehead atoms. The Morgan fingerprint density at radius 1 is 1.05 bits per heavy atom. The second kappa shape index (κ2) is 12.8. The molecule has 1 fully saturated rings. The summed E-state index contributed by atoms with van der Waals surface area (Å²) in [5.74, 6) is 1.15. The molecule has 2 heterocycles. The minimum absolute atomic E-state index is 0.0623. The number of para-hydroxylation sites is 1. The summed E-state index contributed by atoms with van der Waals surface area (Å²) in [4.78, 5) is 37.8. The highest BCUT2D eigenvalue weighted by Crippen LogP contribution is 2.34. The Balaban J connectivity index is 1.54. The monoisotopic (exact) mass is 518 g/mol. The Kier molecular flexibility index (Phi) is 9.31. The van der Waals surface area contributed by atoms with Crippen LogP contribution in [0.1, 0.15) is 60.2 Å². The quantitative estimate of drug-likeness (QED) is 0.296. The number of ether oxygens (including phenoxy) is 1. The van der Waals surface area contributed by atoms with Gasteiger partial charge < -0.3 is 19.7 Å². The number of carbonyl (C=O) groups excluding carboxylic acids is 1. The third kappa shape index (κ3) is 6.31. The number of piperazine rings is 1. The Bertz CT molecular complexity index is 1280. The highest BCUT2D eigenvalue weighted by Gasteiger charge is 2.25. The van der Waals surface area contributed by atoms with Gasteiger partial charge in [0.05, 0.1) is 23.6 Å². The number of aromatic amines is 1. The molecule has 2 N–H and O–H groups in total. The highest BCUT2D eigenvalue weighted by molar-refractivity contribution is 6.11. The lowest BCUT2D eigenvalue weighted by Gasteiger charge is -2.38. The number of aliphatic hydroxyl groups is 1. The average molecular weight is 519 g/mol. The van der Waals surface area contributed by atoms with Crippen molar-refractivity contribution in [2.45, 2.75) is 52.7 Å². The molecule has 0 aliphatic carbocycles. The van der Waals surface area contributed by atoms with Crippen molar-refractivity contribution in [3.8, 4) is 5.75 Å². The molecular weight excluding hydrogens is 480 g/mol. The standard InChI is InChI=1S/C30H38N4O4/c1-4-23-25(5-2)31-27(32-30(23)37)15-10-20-38-29-24(28(36)22-11-7-6-8-12-22)13-9-14-26(29)34-18-16-33(17-19-34)21(3)35/h6-9,11-14,21,35H,4-5,10,15-20H2,1-3H3,(H,31,32,37). The summed E-state index contributed by atoms with van der Waals surface area (Å²) >= 11 is 0. The van der Waals surface area contributed by atoms with Crippen molar-refractivity contribution in [2.75, 3.05) is 37.7 Å². The molecule has 38 heavy (non-hydrogen) atoms. The zero-order valence-corrected chi connectivity index (χ0v) is 22.6. The zero-order valence-electron chi connectivity index (χ0n) is 22.6. The summed E-state index contributed by atoms with van der Waals surface area (Å²) in [5.41, 5.74) is 3.56. The van der Waals surface area contributed by atoms with Crippen LogP contribution >= 0.6 is 0 Å². The lowest BCUT2D eigenvalue weighted by Crippen LogP contribution is -2.49. The number of ketones is 1. The largest absolute Gasteiger partial charge is 0.491 e. The Morgan fingerprint density at radius 2 is 1.79 bits per heavy atom. The Hall–Kier alpha value is -3.49. The van der Waals surface area contributed by atoms with E-state index in [0.29, 0.717) is 48.6 Å². The number of benzene rings is 2. The van der Waals surface area contributed by atoms with Gasteiger partial charge in [-0.25, -0.2) is 4.98 Å². The normalized spacial score (nSPS) is 14.9. The summed E-state index contributed by atoms with van der Waals surface area (Å²) in [7, 11) is 0. The van der Waals surface area contributed by atoms with Crippen LogP contribution in [0.2, 0.25) is 0 Å². The first-order valence-corrected chi connectivity index (χ1v) is 13.6. The third-order valence-corrected chi connectivity index (χ3v) is 7.10. The fraction of sp³-hybridized carbons (Fsp3) is 0.433. The van der Waals surface area contributed by atoms with E-state index in [4.69, 9.17) is 4.74 Å². The van der Waals surface area contributed by atoms with Crippen LogP contribution in [0.5, 0.6) is 5.75 Å². The molecular formula is C30H38N4O4. The van der Waals surface area contributed by atoms with Gasteiger partial charge in [-0.15, -0.1) is 0 Å². The second-order valence-electron chi connectivity index (χ2n) is 9.60. The molecule has 2 aromatic carbocycles. The molecule has 1 aliphatic rings. The molecule has 1 saturated heterocycles. The number of aromatic nitrogens is 2. The third-order valence-electron chi connectivity index (χ3n) is 7.10. The van der Waals surface area contributed by atoms with E-state index < -0.39 is 6.23 Å². The molecule has 1 aromatic heterocycles. The minimum Gasteiger partial charge on any atom is -0.491 e. The van der Waals surface area contributed by atoms with E-state index in [1.807, 2.05) is 67.3 Å². The van der Waals surface area contributed by atoms with E-state index in [-0.39, 0.29) is 11.3 Å². The summed E-state index contributed by atoms with van der Waals surface area (Å²) in [6.45, 7) is 9.02. The molecule has 0 amide bonds. The van der Waals surface area contributed by atoms with E-state index in [9.17, 15) is 14.7 Å². The molecule has 3 aromatic rings. The van der Waals surface area contributed by atoms with Crippen molar-refractivity contribution in [2.24, 2.45) is 0 Å². The van der Waals surface area contributed by atoms with Gasteiger partial charge in [0, 0.05) is 43.7 Å². The molecule has 0 radical (unpaired) electrons. The average Bonchev–Trinajstić information content (AvgIpc) is 2.95. The first kappa shape index (κ1) is 27.5. The molecule has 1 atom stereocenters. The summed E-state index contributed by atoms with van der Waals surface area (Å²) in [6, 6.07) is 14.9. The van der Waals surface area contributed by atoms with Crippen LogP contribution in [0.15, 0.2) is 53.3 Å². The van der Waals surface area contributed by atoms with Gasteiger partial charge in [0.15, 0.2) is 11.5 Å². The maximum absolute atomic E-state index is 13.5. The van der Waals surface area contributed by atoms with Crippen molar-refractivity contribution < 1.29 is 14.6 Å². The fourth-order valence-corrected chi connectivity index (χ4v) is 4.97. The second-order valence-corrected chi connectivity index (χ2v) is 9.60. The number of rotatable bonds is 11. The number of H-pyrrole nitrogens is 1. The van der Waals surface area contributed by atoms with Crippen LogP contribution in [-0.4, -0.2) is 64.8 Å². The van der Waals surface area contributed by atoms with Gasteiger partial charge in [0.2, 0.25) is 0 Å². The van der Waals surface area contributed by atoms with Gasteiger partial charge in [-0.2, -0.15) is 0 Å². The lowest BCUT2D eigenvalue weighted by molar-refractivity contribution is 0.0152. The van der Waals surface area contributed by atoms with Gasteiger partial charge in [0.1, 0.15) is 12.1 Å². The smallest absolute Gasteiger partial charge is 0.254 e. The Labute approximate surface area is 224 Å². The van der Waals surface area contributed by atoms with E-state index in [0.717, 1.165) is 49.5 Å². The van der Waals surface area contributed by atoms with E-state index in [1.165, 1.54) is 0 Å². The predicted molar refractivity (Wildman–Crippen MR) is 149 cm³/mol. The predicted octanol–water partition coefficient (Wildman–Crippen LogP) is 3.60. The van der Waals surface area contributed by atoms with Gasteiger partial charge >= 0.3 is 0 Å². The van der Waals surface area contributed by atoms with Gasteiger partial charge in [0.25, 0.3) is 5.56 Å². The van der Waals surface area contributed by atoms with Crippen molar-refractivity contribution in [3.05, 3.63) is 87.1 Å². The maximum Gasteiger partial charge on any atom is 0.254 e. The fourth-order valence-electron chi connectivity index (χ4n) is 4.97. The van der Waals surface area contributed by atoms with E-state index >= 15 is 0 Å². The van der Waals surface area contributed by atoms with Crippen LogP contribution in [0.25, 0.3) is 0 Å². The molecule has 4 rings (SSSR count). The van der Waals surface area contributed by atoms with Gasteiger partial charge in [-0.05, 0) is 38.3 Å². The molecule has 202 valence electrons. The summed E-state index contributed by atoms with van der Waals surface area (Å²) in [5, 5.41) is 9.96. The van der Waals surface area contributed by atoms with E-state index in [2.05, 4.69) is 14.9 Å². The zero-order chi connectivity index (χ0) is 27.1. The number of aliphatic hydroxyl groups excluding tert-OH is 1. The lowest BCUT2D eigenvalue weighted by atomic mass is 10.0. The number of anilines is 1. The van der Waals surface area contributed by atoms with Crippen LogP contribution in [0.3, 0.4) is 0 Å². The summed E-state index contributed by atoms with van der Waals surface area (Å²) in [6.07, 6.45) is 2.11. The SMILES string of the molecule is CCc1nc(CCCOc2c(C(=O)c3ccccc3)cccc2N2CCN(C(C)O)CC2)[nH]c(=O)c1CC. The van der Waals surface area contributed by atoms with Crippen LogP contribution in [-0.2, 0) is 19.3 Å². The number of nitrogens with zero attached hydrogens (tertiary/aromatic N) is 3. The maximum atomic E-state index is 13.5. The van der Waals surface area contributed by atoms with Crippen LogP contribution in [0.4, 0.5) is 5.69 Å². The Morgan fingerprint density at radius 3 is 2.45 bits per heavy atom. The molecule has 8 heteroatoms. The number of nitrogens with one attached hydrogen (secondary N) is 1. The van der Waals surface area contributed by atoms with Crippen molar-refractivity contribution in [1.82, 2.24) is 14.9 Å². The topological polar surface area (TPSA) is 98.8 Å². The highest BCUT2D eigenvalue weighted by atomic mass is 16.5. The van der Waals surface area contributed by atoms with Crippen LogP contribution < -0.4 is 15.2 Å². The molecule has 8 nitrogen and oxygen atoms in total. The van der Waals surface area contributed by atoms with E-state index in [1.54, 1.807) is 6.92 Å². The number of carbonyl (C=O) groups is 1. The minimum atomic E-state index is -0.487. The van der Waals surface area contributed by atoms with Crippen molar-refractivity contribution in [1.29, 1.82) is 0 Å². The van der Waals surface area contributed by atoms with Gasteiger partial charge in [-0.3, -0.25) is 14.5 Å². The number of hydrogen-bond acceptors (Lipinski definition) is 7. The number of hydrogen-bond donors (Lipinski definition) is 2. The first-order chi connectivity index (χ1) is 18.4. The molecule has 1 aliphatic heterocycles. The summed E-state index contributed by atoms with van der Waals surface area (Å²) < 4.78 is 6.35. The van der Waals surface area contributed by atoms with Gasteiger partial charge in [-0.1, -0.05) is 50.2 Å². The van der Waals surface area contributed by atoms with Crippen molar-refractivity contribution in [3.63, 3.8) is 0 Å². The molecule has 0 saturated carbocycles. The first-order valence-electron chi connectivity index (χ1n) is 13.6. The van der Waals surface area contributed by atoms with Crippen LogP contribution in [0, 0.1) is 0 Å². The molecule has 0 spiro atoms. The molecule has 1 unspecified atom stereocenters. The van der Waals surface area contributed by atoms with Crippen molar-refractivity contribution >= 4 is 11.5 Å². The number of aryl methyl sites for hydroxylation is 2.